The van der Waals surface area contributed by atoms with Crippen molar-refractivity contribution in [2.45, 2.75) is 52.6 Å². The van der Waals surface area contributed by atoms with E-state index in [1.165, 1.54) is 36.4 Å². The van der Waals surface area contributed by atoms with Gasteiger partial charge in [-0.15, -0.1) is 11.3 Å². The summed E-state index contributed by atoms with van der Waals surface area (Å²) in [7, 11) is 0. The van der Waals surface area contributed by atoms with Crippen LogP contribution in [0.3, 0.4) is 0 Å². The van der Waals surface area contributed by atoms with E-state index < -0.39 is 0 Å². The molecule has 1 aliphatic rings. The van der Waals surface area contributed by atoms with E-state index in [2.05, 4.69) is 44.0 Å². The van der Waals surface area contributed by atoms with Crippen LogP contribution in [-0.4, -0.2) is 24.0 Å². The van der Waals surface area contributed by atoms with E-state index in [1.54, 1.807) is 0 Å². The molecule has 0 aliphatic carbocycles. The first-order chi connectivity index (χ1) is 9.00. The molecule has 0 radical (unpaired) electrons. The molecule has 2 unspecified atom stereocenters. The third kappa shape index (κ3) is 3.39. The van der Waals surface area contributed by atoms with E-state index in [0.717, 1.165) is 11.8 Å². The van der Waals surface area contributed by atoms with Gasteiger partial charge in [-0.1, -0.05) is 13.8 Å². The average Bonchev–Trinajstić information content (AvgIpc) is 2.76. The summed E-state index contributed by atoms with van der Waals surface area (Å²) >= 11 is 1.87. The van der Waals surface area contributed by atoms with Crippen molar-refractivity contribution >= 4 is 11.3 Å². The summed E-state index contributed by atoms with van der Waals surface area (Å²) in [4.78, 5) is 4.08. The third-order valence-corrected chi connectivity index (χ3v) is 5.67. The molecule has 19 heavy (non-hydrogen) atoms. The van der Waals surface area contributed by atoms with Crippen molar-refractivity contribution in [3.63, 3.8) is 0 Å². The minimum Gasteiger partial charge on any atom is -0.326 e. The molecule has 1 aromatic heterocycles. The first kappa shape index (κ1) is 15.0. The van der Waals surface area contributed by atoms with E-state index in [1.807, 2.05) is 11.3 Å². The van der Waals surface area contributed by atoms with Gasteiger partial charge in [0.05, 0.1) is 6.04 Å². The number of hydrogen-bond donors (Lipinski definition) is 1. The molecular weight excluding hydrogens is 252 g/mol. The highest BCUT2D eigenvalue weighted by Gasteiger charge is 2.30. The highest BCUT2D eigenvalue weighted by Crippen LogP contribution is 2.35. The SMILES string of the molecule is Cc1ccsc1C(C(C)N)N1CCC(C(C)C)CC1. The van der Waals surface area contributed by atoms with Crippen LogP contribution in [0.4, 0.5) is 0 Å². The summed E-state index contributed by atoms with van der Waals surface area (Å²) in [6.07, 6.45) is 2.65. The van der Waals surface area contributed by atoms with Gasteiger partial charge in [0.2, 0.25) is 0 Å². The minimum absolute atomic E-state index is 0.202. The van der Waals surface area contributed by atoms with Crippen LogP contribution < -0.4 is 5.73 Å². The molecule has 0 saturated carbocycles. The Labute approximate surface area is 122 Å². The molecule has 0 spiro atoms. The average molecular weight is 280 g/mol. The molecule has 1 saturated heterocycles. The molecule has 2 rings (SSSR count). The first-order valence-corrected chi connectivity index (χ1v) is 8.42. The van der Waals surface area contributed by atoms with Crippen LogP contribution in [0.2, 0.25) is 0 Å². The van der Waals surface area contributed by atoms with Gasteiger partial charge in [0.25, 0.3) is 0 Å². The Hall–Kier alpha value is -0.380. The van der Waals surface area contributed by atoms with Crippen LogP contribution in [0.25, 0.3) is 0 Å². The van der Waals surface area contributed by atoms with Crippen LogP contribution >= 0.6 is 11.3 Å². The van der Waals surface area contributed by atoms with Crippen LogP contribution in [0, 0.1) is 18.8 Å². The molecule has 2 heterocycles. The summed E-state index contributed by atoms with van der Waals surface area (Å²) in [6, 6.07) is 2.83. The molecule has 0 amide bonds. The Kier molecular flexibility index (Phi) is 5.04. The molecule has 2 atom stereocenters. The Balaban J connectivity index is 2.08. The van der Waals surface area contributed by atoms with Crippen LogP contribution in [0.5, 0.6) is 0 Å². The summed E-state index contributed by atoms with van der Waals surface area (Å²) in [5.41, 5.74) is 7.69. The summed E-state index contributed by atoms with van der Waals surface area (Å²) in [5.74, 6) is 1.72. The standard InChI is InChI=1S/C16H28N2S/c1-11(2)14-5-8-18(9-6-14)15(13(4)17)16-12(3)7-10-19-16/h7,10-11,13-15H,5-6,8-9,17H2,1-4H3. The van der Waals surface area contributed by atoms with E-state index in [9.17, 15) is 0 Å². The number of rotatable bonds is 4. The second-order valence-electron chi connectivity index (χ2n) is 6.39. The molecule has 2 nitrogen and oxygen atoms in total. The Morgan fingerprint density at radius 2 is 1.89 bits per heavy atom. The number of piperidine rings is 1. The van der Waals surface area contributed by atoms with Gasteiger partial charge in [-0.25, -0.2) is 0 Å². The Bertz CT molecular complexity index is 389. The number of aryl methyl sites for hydroxylation is 1. The molecule has 1 fully saturated rings. The van der Waals surface area contributed by atoms with Gasteiger partial charge in [-0.05, 0) is 68.6 Å². The van der Waals surface area contributed by atoms with Crippen molar-refractivity contribution in [2.75, 3.05) is 13.1 Å². The molecular formula is C16H28N2S. The van der Waals surface area contributed by atoms with Crippen molar-refractivity contribution < 1.29 is 0 Å². The fourth-order valence-corrected chi connectivity index (χ4v) is 4.46. The van der Waals surface area contributed by atoms with Crippen LogP contribution in [-0.2, 0) is 0 Å². The quantitative estimate of drug-likeness (QED) is 0.908. The minimum atomic E-state index is 0.202. The fraction of sp³-hybridized carbons (Fsp3) is 0.750. The van der Waals surface area contributed by atoms with Crippen molar-refractivity contribution in [3.8, 4) is 0 Å². The fourth-order valence-electron chi connectivity index (χ4n) is 3.29. The number of nitrogens with zero attached hydrogens (tertiary/aromatic N) is 1. The lowest BCUT2D eigenvalue weighted by Gasteiger charge is -2.40. The molecule has 1 aromatic rings. The third-order valence-electron chi connectivity index (χ3n) is 4.58. The normalized spacial score (nSPS) is 21.8. The van der Waals surface area contributed by atoms with E-state index >= 15 is 0 Å². The highest BCUT2D eigenvalue weighted by molar-refractivity contribution is 7.10. The van der Waals surface area contributed by atoms with Gasteiger partial charge in [0.15, 0.2) is 0 Å². The van der Waals surface area contributed by atoms with Gasteiger partial charge in [0.1, 0.15) is 0 Å². The van der Waals surface area contributed by atoms with Crippen molar-refractivity contribution in [2.24, 2.45) is 17.6 Å². The monoisotopic (exact) mass is 280 g/mol. The number of likely N-dealkylation sites (tertiary alicyclic amines) is 1. The second kappa shape index (κ2) is 6.38. The van der Waals surface area contributed by atoms with Gasteiger partial charge < -0.3 is 5.73 Å². The maximum absolute atomic E-state index is 6.29. The molecule has 1 aliphatic heterocycles. The lowest BCUT2D eigenvalue weighted by atomic mass is 9.85. The Morgan fingerprint density at radius 3 is 2.32 bits per heavy atom. The lowest BCUT2D eigenvalue weighted by molar-refractivity contribution is 0.105. The zero-order chi connectivity index (χ0) is 14.0. The molecule has 2 N–H and O–H groups in total. The van der Waals surface area contributed by atoms with E-state index in [4.69, 9.17) is 5.73 Å². The number of thiophene rings is 1. The smallest absolute Gasteiger partial charge is 0.0593 e. The van der Waals surface area contributed by atoms with Gasteiger partial charge in [0, 0.05) is 10.9 Å². The summed E-state index contributed by atoms with van der Waals surface area (Å²) in [5, 5.41) is 2.20. The predicted molar refractivity (Wildman–Crippen MR) is 84.6 cm³/mol. The van der Waals surface area contributed by atoms with Crippen molar-refractivity contribution in [1.82, 2.24) is 4.90 Å². The zero-order valence-electron chi connectivity index (χ0n) is 12.7. The molecule has 0 bridgehead atoms. The zero-order valence-corrected chi connectivity index (χ0v) is 13.5. The van der Waals surface area contributed by atoms with Crippen molar-refractivity contribution in [1.29, 1.82) is 0 Å². The summed E-state index contributed by atoms with van der Waals surface area (Å²) < 4.78 is 0. The van der Waals surface area contributed by atoms with Crippen LogP contribution in [0.15, 0.2) is 11.4 Å². The molecule has 0 aromatic carbocycles. The van der Waals surface area contributed by atoms with Gasteiger partial charge in [-0.2, -0.15) is 0 Å². The number of hydrogen-bond acceptors (Lipinski definition) is 3. The first-order valence-electron chi connectivity index (χ1n) is 7.54. The van der Waals surface area contributed by atoms with Gasteiger partial charge in [-0.3, -0.25) is 4.90 Å². The van der Waals surface area contributed by atoms with E-state index in [0.29, 0.717) is 6.04 Å². The molecule has 108 valence electrons. The van der Waals surface area contributed by atoms with Crippen LogP contribution in [0.1, 0.15) is 50.1 Å². The van der Waals surface area contributed by atoms with Gasteiger partial charge >= 0.3 is 0 Å². The topological polar surface area (TPSA) is 29.3 Å². The predicted octanol–water partition coefficient (Wildman–Crippen LogP) is 3.81. The molecule has 3 heteroatoms. The summed E-state index contributed by atoms with van der Waals surface area (Å²) in [6.45, 7) is 11.5. The van der Waals surface area contributed by atoms with E-state index in [-0.39, 0.29) is 6.04 Å². The second-order valence-corrected chi connectivity index (χ2v) is 7.34. The maximum atomic E-state index is 6.29. The highest BCUT2D eigenvalue weighted by atomic mass is 32.1. The number of nitrogens with two attached hydrogens (primary N) is 1. The maximum Gasteiger partial charge on any atom is 0.0593 e. The Morgan fingerprint density at radius 1 is 1.26 bits per heavy atom. The van der Waals surface area contributed by atoms with Crippen molar-refractivity contribution in [3.05, 3.63) is 21.9 Å². The lowest BCUT2D eigenvalue weighted by Crippen LogP contribution is -2.44. The largest absolute Gasteiger partial charge is 0.326 e.